The second-order valence-electron chi connectivity index (χ2n) is 3.88. The van der Waals surface area contributed by atoms with Crippen molar-refractivity contribution in [3.63, 3.8) is 0 Å². The van der Waals surface area contributed by atoms with Crippen molar-refractivity contribution in [1.82, 2.24) is 0 Å². The van der Waals surface area contributed by atoms with Crippen molar-refractivity contribution in [2.45, 2.75) is 45.8 Å². The minimum atomic E-state index is 0.0265. The van der Waals surface area contributed by atoms with Crippen molar-refractivity contribution >= 4 is 11.3 Å². The highest BCUT2D eigenvalue weighted by atomic mass is 32.1. The molecule has 13 heavy (non-hydrogen) atoms. The highest BCUT2D eigenvalue weighted by Crippen LogP contribution is 2.20. The summed E-state index contributed by atoms with van der Waals surface area (Å²) in [5.41, 5.74) is 0.0265. The molecule has 0 unspecified atom stereocenters. The number of ether oxygens (including phenoxy) is 1. The normalized spacial score (nSPS) is 11.9. The van der Waals surface area contributed by atoms with Crippen LogP contribution in [0.25, 0.3) is 0 Å². The zero-order valence-electron chi connectivity index (χ0n) is 8.67. The smallest absolute Gasteiger partial charge is 0.0816 e. The Hall–Kier alpha value is -0.340. The molecule has 0 aromatic carbocycles. The topological polar surface area (TPSA) is 9.23 Å². The molecule has 0 aliphatic heterocycles. The van der Waals surface area contributed by atoms with E-state index < -0.39 is 0 Å². The quantitative estimate of drug-likeness (QED) is 0.698. The zero-order valence-corrected chi connectivity index (χ0v) is 9.49. The van der Waals surface area contributed by atoms with E-state index >= 15 is 0 Å². The summed E-state index contributed by atoms with van der Waals surface area (Å²) in [6.07, 6.45) is 2.30. The van der Waals surface area contributed by atoms with Gasteiger partial charge in [-0.15, -0.1) is 11.3 Å². The average molecular weight is 198 g/mol. The van der Waals surface area contributed by atoms with Crippen molar-refractivity contribution in [2.75, 3.05) is 0 Å². The molecule has 1 heterocycles. The van der Waals surface area contributed by atoms with Crippen molar-refractivity contribution in [3.8, 4) is 0 Å². The Balaban J connectivity index is 2.33. The van der Waals surface area contributed by atoms with Crippen LogP contribution in [-0.4, -0.2) is 5.60 Å². The maximum absolute atomic E-state index is 5.82. The molecule has 1 rings (SSSR count). The number of hydrogen-bond acceptors (Lipinski definition) is 2. The largest absolute Gasteiger partial charge is 0.370 e. The molecule has 0 amide bonds. The van der Waals surface area contributed by atoms with Gasteiger partial charge in [0.25, 0.3) is 0 Å². The lowest BCUT2D eigenvalue weighted by atomic mass is 10.0. The van der Waals surface area contributed by atoms with E-state index in [0.717, 1.165) is 13.0 Å². The minimum absolute atomic E-state index is 0.0265. The lowest BCUT2D eigenvalue weighted by Gasteiger charge is -2.24. The monoisotopic (exact) mass is 198 g/mol. The lowest BCUT2D eigenvalue weighted by molar-refractivity contribution is -0.0341. The Morgan fingerprint density at radius 2 is 2.23 bits per heavy atom. The van der Waals surface area contributed by atoms with Crippen LogP contribution in [0.2, 0.25) is 0 Å². The summed E-state index contributed by atoms with van der Waals surface area (Å²) in [7, 11) is 0. The Morgan fingerprint density at radius 1 is 1.46 bits per heavy atom. The Labute approximate surface area is 84.7 Å². The number of hydrogen-bond donors (Lipinski definition) is 0. The van der Waals surface area contributed by atoms with Crippen LogP contribution in [0, 0.1) is 0 Å². The van der Waals surface area contributed by atoms with Crippen molar-refractivity contribution < 1.29 is 4.74 Å². The molecule has 0 aliphatic carbocycles. The predicted molar refractivity (Wildman–Crippen MR) is 58.1 cm³/mol. The van der Waals surface area contributed by atoms with E-state index in [4.69, 9.17) is 4.74 Å². The van der Waals surface area contributed by atoms with E-state index in [1.165, 1.54) is 11.3 Å². The molecular weight excluding hydrogens is 180 g/mol. The third-order valence-electron chi connectivity index (χ3n) is 2.04. The van der Waals surface area contributed by atoms with Gasteiger partial charge < -0.3 is 4.74 Å². The van der Waals surface area contributed by atoms with Crippen LogP contribution in [0.5, 0.6) is 0 Å². The van der Waals surface area contributed by atoms with Gasteiger partial charge in [0.05, 0.1) is 12.2 Å². The summed E-state index contributed by atoms with van der Waals surface area (Å²) < 4.78 is 5.82. The van der Waals surface area contributed by atoms with Crippen LogP contribution in [0.3, 0.4) is 0 Å². The van der Waals surface area contributed by atoms with E-state index in [-0.39, 0.29) is 5.60 Å². The fourth-order valence-electron chi connectivity index (χ4n) is 1.34. The van der Waals surface area contributed by atoms with Gasteiger partial charge in [-0.05, 0) is 31.7 Å². The maximum atomic E-state index is 5.82. The van der Waals surface area contributed by atoms with E-state index in [1.807, 2.05) is 0 Å². The van der Waals surface area contributed by atoms with Crippen LogP contribution in [0.4, 0.5) is 0 Å². The molecular formula is C11H18OS. The van der Waals surface area contributed by atoms with Crippen molar-refractivity contribution in [2.24, 2.45) is 0 Å². The third kappa shape index (κ3) is 3.92. The first-order valence-corrected chi connectivity index (χ1v) is 5.68. The summed E-state index contributed by atoms with van der Waals surface area (Å²) in [5, 5.41) is 2.09. The second kappa shape index (κ2) is 4.77. The first kappa shape index (κ1) is 10.7. The first-order chi connectivity index (χ1) is 6.14. The van der Waals surface area contributed by atoms with Gasteiger partial charge in [-0.1, -0.05) is 19.4 Å². The molecule has 1 aromatic heterocycles. The molecule has 0 spiro atoms. The van der Waals surface area contributed by atoms with Crippen LogP contribution in [-0.2, 0) is 11.3 Å². The molecule has 0 aliphatic rings. The highest BCUT2D eigenvalue weighted by molar-refractivity contribution is 7.09. The van der Waals surface area contributed by atoms with Crippen LogP contribution < -0.4 is 0 Å². The zero-order chi connectivity index (χ0) is 9.73. The Kier molecular flexibility index (Phi) is 3.94. The number of thiophene rings is 1. The first-order valence-electron chi connectivity index (χ1n) is 4.80. The third-order valence-corrected chi connectivity index (χ3v) is 2.89. The summed E-state index contributed by atoms with van der Waals surface area (Å²) in [4.78, 5) is 1.31. The molecule has 0 N–H and O–H groups in total. The van der Waals surface area contributed by atoms with E-state index in [1.54, 1.807) is 11.3 Å². The van der Waals surface area contributed by atoms with Gasteiger partial charge in [-0.3, -0.25) is 0 Å². The van der Waals surface area contributed by atoms with Crippen LogP contribution >= 0.6 is 11.3 Å². The van der Waals surface area contributed by atoms with Crippen LogP contribution in [0.1, 0.15) is 38.5 Å². The Bertz CT molecular complexity index is 226. The van der Waals surface area contributed by atoms with Gasteiger partial charge in [0.2, 0.25) is 0 Å². The Morgan fingerprint density at radius 3 is 2.77 bits per heavy atom. The predicted octanol–water partition coefficient (Wildman–Crippen LogP) is 3.84. The van der Waals surface area contributed by atoms with Crippen molar-refractivity contribution in [1.29, 1.82) is 0 Å². The van der Waals surface area contributed by atoms with Gasteiger partial charge >= 0.3 is 0 Å². The fraction of sp³-hybridized carbons (Fsp3) is 0.636. The molecule has 0 saturated heterocycles. The average Bonchev–Trinajstić information content (AvgIpc) is 2.52. The second-order valence-corrected chi connectivity index (χ2v) is 4.91. The molecule has 0 radical (unpaired) electrons. The molecule has 74 valence electrons. The highest BCUT2D eigenvalue weighted by Gasteiger charge is 2.16. The maximum Gasteiger partial charge on any atom is 0.0816 e. The molecule has 1 nitrogen and oxygen atoms in total. The lowest BCUT2D eigenvalue weighted by Crippen LogP contribution is -2.23. The summed E-state index contributed by atoms with van der Waals surface area (Å²) >= 11 is 1.76. The van der Waals surface area contributed by atoms with E-state index in [2.05, 4.69) is 38.3 Å². The molecule has 0 fully saturated rings. The molecule has 0 atom stereocenters. The SMILES string of the molecule is CCCC(C)(C)OCc1cccs1. The van der Waals surface area contributed by atoms with Gasteiger partial charge in [0.15, 0.2) is 0 Å². The van der Waals surface area contributed by atoms with Gasteiger partial charge in [0.1, 0.15) is 0 Å². The molecule has 0 bridgehead atoms. The minimum Gasteiger partial charge on any atom is -0.370 e. The summed E-state index contributed by atoms with van der Waals surface area (Å²) in [6, 6.07) is 4.18. The fourth-order valence-corrected chi connectivity index (χ4v) is 1.95. The summed E-state index contributed by atoms with van der Waals surface area (Å²) in [6.45, 7) is 7.26. The molecule has 2 heteroatoms. The standard InChI is InChI=1S/C11H18OS/c1-4-7-11(2,3)12-9-10-6-5-8-13-10/h5-6,8H,4,7,9H2,1-3H3. The molecule has 0 saturated carbocycles. The van der Waals surface area contributed by atoms with Gasteiger partial charge in [-0.25, -0.2) is 0 Å². The van der Waals surface area contributed by atoms with Crippen LogP contribution in [0.15, 0.2) is 17.5 Å². The van der Waals surface area contributed by atoms with Gasteiger partial charge in [0, 0.05) is 4.88 Å². The number of rotatable bonds is 5. The summed E-state index contributed by atoms with van der Waals surface area (Å²) in [5.74, 6) is 0. The van der Waals surface area contributed by atoms with E-state index in [9.17, 15) is 0 Å². The van der Waals surface area contributed by atoms with Gasteiger partial charge in [-0.2, -0.15) is 0 Å². The molecule has 1 aromatic rings. The van der Waals surface area contributed by atoms with E-state index in [0.29, 0.717) is 0 Å². The van der Waals surface area contributed by atoms with Crippen molar-refractivity contribution in [3.05, 3.63) is 22.4 Å².